The number of hydrogen-bond donors (Lipinski definition) is 0. The van der Waals surface area contributed by atoms with Crippen molar-refractivity contribution in [1.29, 1.82) is 0 Å². The molecule has 0 N–H and O–H groups in total. The zero-order valence-corrected chi connectivity index (χ0v) is 11.6. The van der Waals surface area contributed by atoms with Crippen LogP contribution in [0.25, 0.3) is 0 Å². The fourth-order valence-corrected chi connectivity index (χ4v) is 2.85. The Labute approximate surface area is 90.1 Å². The van der Waals surface area contributed by atoms with Crippen LogP contribution in [0.15, 0.2) is 0 Å². The minimum Gasteiger partial charge on any atom is -0.377 e. The molecular weight excluding hydrogens is 196 g/mol. The minimum atomic E-state index is -2.24. The van der Waals surface area contributed by atoms with Gasteiger partial charge in [-0.05, 0) is 6.42 Å². The predicted molar refractivity (Wildman–Crippen MR) is 62.5 cm³/mol. The lowest BCUT2D eigenvalue weighted by Crippen LogP contribution is -2.42. The Morgan fingerprint density at radius 1 is 0.857 bits per heavy atom. The molecular formula is C10H26O3Si. The molecule has 0 saturated carbocycles. The van der Waals surface area contributed by atoms with E-state index < -0.39 is 8.80 Å². The molecule has 0 aliphatic carbocycles. The van der Waals surface area contributed by atoms with Gasteiger partial charge in [0.2, 0.25) is 0 Å². The standard InChI is InChI=1S/C7H18O3Si.C3H8/c1-5-6-7-11(8-2,9-3)10-4;1-3-2/h5-7H2,1-4H3;3H2,1-2H3. The maximum atomic E-state index is 5.23. The SMILES string of the molecule is CCC.CCCC[Si](OC)(OC)OC. The van der Waals surface area contributed by atoms with E-state index in [9.17, 15) is 0 Å². The van der Waals surface area contributed by atoms with Gasteiger partial charge in [0, 0.05) is 27.4 Å². The molecule has 0 fully saturated rings. The van der Waals surface area contributed by atoms with Gasteiger partial charge < -0.3 is 13.3 Å². The number of hydrogen-bond acceptors (Lipinski definition) is 3. The van der Waals surface area contributed by atoms with Crippen LogP contribution in [0, 0.1) is 0 Å². The molecule has 0 amide bonds. The van der Waals surface area contributed by atoms with Crippen molar-refractivity contribution in [1.82, 2.24) is 0 Å². The third kappa shape index (κ3) is 7.50. The van der Waals surface area contributed by atoms with Crippen molar-refractivity contribution in [2.24, 2.45) is 0 Å². The van der Waals surface area contributed by atoms with Crippen molar-refractivity contribution >= 4 is 8.80 Å². The molecule has 0 aliphatic rings. The third-order valence-corrected chi connectivity index (χ3v) is 4.60. The quantitative estimate of drug-likeness (QED) is 0.646. The summed E-state index contributed by atoms with van der Waals surface area (Å²) in [6, 6.07) is 0.910. The summed E-state index contributed by atoms with van der Waals surface area (Å²) in [6.45, 7) is 6.39. The lowest BCUT2D eigenvalue weighted by Gasteiger charge is -2.23. The molecule has 0 aromatic rings. The van der Waals surface area contributed by atoms with Gasteiger partial charge in [0.05, 0.1) is 0 Å². The van der Waals surface area contributed by atoms with Gasteiger partial charge in [-0.3, -0.25) is 0 Å². The molecule has 0 saturated heterocycles. The molecule has 0 rings (SSSR count). The Bertz CT molecular complexity index is 97.3. The molecule has 0 atom stereocenters. The van der Waals surface area contributed by atoms with E-state index in [1.165, 1.54) is 6.42 Å². The fraction of sp³-hybridized carbons (Fsp3) is 1.00. The average Bonchev–Trinajstić information content (AvgIpc) is 2.22. The average molecular weight is 222 g/mol. The van der Waals surface area contributed by atoms with Crippen LogP contribution in [-0.2, 0) is 13.3 Å². The second kappa shape index (κ2) is 11.2. The van der Waals surface area contributed by atoms with Gasteiger partial charge in [0.15, 0.2) is 0 Å². The van der Waals surface area contributed by atoms with E-state index in [1.807, 2.05) is 0 Å². The summed E-state index contributed by atoms with van der Waals surface area (Å²) in [5, 5.41) is 0. The summed E-state index contributed by atoms with van der Waals surface area (Å²) in [5.41, 5.74) is 0. The molecule has 0 heterocycles. The highest BCUT2D eigenvalue weighted by Crippen LogP contribution is 2.15. The molecule has 88 valence electrons. The van der Waals surface area contributed by atoms with Gasteiger partial charge in [-0.25, -0.2) is 0 Å². The van der Waals surface area contributed by atoms with Gasteiger partial charge in [0.1, 0.15) is 0 Å². The highest BCUT2D eigenvalue weighted by molar-refractivity contribution is 6.60. The molecule has 14 heavy (non-hydrogen) atoms. The van der Waals surface area contributed by atoms with E-state index in [2.05, 4.69) is 20.8 Å². The first-order chi connectivity index (χ1) is 6.66. The molecule has 0 bridgehead atoms. The van der Waals surface area contributed by atoms with Crippen LogP contribution in [0.4, 0.5) is 0 Å². The van der Waals surface area contributed by atoms with Crippen LogP contribution in [0.1, 0.15) is 40.0 Å². The molecule has 0 spiro atoms. The van der Waals surface area contributed by atoms with Crippen molar-refractivity contribution in [3.05, 3.63) is 0 Å². The van der Waals surface area contributed by atoms with Crippen LogP contribution < -0.4 is 0 Å². The second-order valence-corrected chi connectivity index (χ2v) is 6.20. The molecule has 3 nitrogen and oxygen atoms in total. The number of unbranched alkanes of at least 4 members (excludes halogenated alkanes) is 1. The van der Waals surface area contributed by atoms with Crippen molar-refractivity contribution in [3.63, 3.8) is 0 Å². The molecule has 0 radical (unpaired) electrons. The maximum Gasteiger partial charge on any atom is 0.500 e. The minimum absolute atomic E-state index is 0.910. The zero-order chi connectivity index (χ0) is 11.4. The lowest BCUT2D eigenvalue weighted by atomic mass is 10.4. The summed E-state index contributed by atoms with van der Waals surface area (Å²) in [6.07, 6.45) is 3.49. The van der Waals surface area contributed by atoms with Gasteiger partial charge in [-0.1, -0.05) is 33.6 Å². The van der Waals surface area contributed by atoms with Crippen LogP contribution in [0.5, 0.6) is 0 Å². The van der Waals surface area contributed by atoms with Gasteiger partial charge in [0.25, 0.3) is 0 Å². The summed E-state index contributed by atoms with van der Waals surface area (Å²) < 4.78 is 15.7. The van der Waals surface area contributed by atoms with Crippen molar-refractivity contribution in [2.75, 3.05) is 21.3 Å². The third-order valence-electron chi connectivity index (χ3n) is 1.77. The monoisotopic (exact) mass is 222 g/mol. The topological polar surface area (TPSA) is 27.7 Å². The first-order valence-electron chi connectivity index (χ1n) is 5.31. The highest BCUT2D eigenvalue weighted by Gasteiger charge is 2.36. The normalized spacial score (nSPS) is 10.7. The van der Waals surface area contributed by atoms with E-state index >= 15 is 0 Å². The molecule has 0 aliphatic heterocycles. The Kier molecular flexibility index (Phi) is 13.2. The summed E-state index contributed by atoms with van der Waals surface area (Å²) in [5.74, 6) is 0. The predicted octanol–water partition coefficient (Wildman–Crippen LogP) is 3.08. The van der Waals surface area contributed by atoms with E-state index in [-0.39, 0.29) is 0 Å². The van der Waals surface area contributed by atoms with Crippen LogP contribution in [0.3, 0.4) is 0 Å². The Balaban J connectivity index is 0. The van der Waals surface area contributed by atoms with Crippen LogP contribution in [0.2, 0.25) is 6.04 Å². The fourth-order valence-electron chi connectivity index (χ4n) is 0.949. The Morgan fingerprint density at radius 3 is 1.43 bits per heavy atom. The van der Waals surface area contributed by atoms with Crippen molar-refractivity contribution in [3.8, 4) is 0 Å². The van der Waals surface area contributed by atoms with Gasteiger partial charge >= 0.3 is 8.80 Å². The van der Waals surface area contributed by atoms with Crippen LogP contribution >= 0.6 is 0 Å². The molecule has 0 unspecified atom stereocenters. The largest absolute Gasteiger partial charge is 0.500 e. The molecule has 4 heteroatoms. The first-order valence-corrected chi connectivity index (χ1v) is 7.24. The van der Waals surface area contributed by atoms with Crippen molar-refractivity contribution in [2.45, 2.75) is 46.1 Å². The maximum absolute atomic E-state index is 5.23. The summed E-state index contributed by atoms with van der Waals surface area (Å²) in [7, 11) is 2.70. The first kappa shape index (κ1) is 16.5. The van der Waals surface area contributed by atoms with E-state index in [0.29, 0.717) is 0 Å². The van der Waals surface area contributed by atoms with E-state index in [0.717, 1.165) is 18.9 Å². The van der Waals surface area contributed by atoms with Crippen LogP contribution in [-0.4, -0.2) is 30.1 Å². The summed E-state index contributed by atoms with van der Waals surface area (Å²) in [4.78, 5) is 0. The van der Waals surface area contributed by atoms with Gasteiger partial charge in [-0.2, -0.15) is 0 Å². The smallest absolute Gasteiger partial charge is 0.377 e. The molecule has 0 aromatic heterocycles. The van der Waals surface area contributed by atoms with E-state index in [4.69, 9.17) is 13.3 Å². The van der Waals surface area contributed by atoms with E-state index in [1.54, 1.807) is 21.3 Å². The lowest BCUT2D eigenvalue weighted by molar-refractivity contribution is 0.123. The Hall–Kier alpha value is 0.0969. The van der Waals surface area contributed by atoms with Gasteiger partial charge in [-0.15, -0.1) is 0 Å². The second-order valence-electron chi connectivity index (χ2n) is 3.11. The molecule has 0 aromatic carbocycles. The van der Waals surface area contributed by atoms with Crippen molar-refractivity contribution < 1.29 is 13.3 Å². The Morgan fingerprint density at radius 2 is 1.21 bits per heavy atom. The number of rotatable bonds is 6. The highest BCUT2D eigenvalue weighted by atomic mass is 28.4. The summed E-state index contributed by atoms with van der Waals surface area (Å²) >= 11 is 0. The zero-order valence-electron chi connectivity index (χ0n) is 10.6.